The molecule has 26 heavy (non-hydrogen) atoms. The third kappa shape index (κ3) is 35.0. The van der Waals surface area contributed by atoms with Crippen LogP contribution in [0.4, 0.5) is 0 Å². The first-order valence-electron chi connectivity index (χ1n) is 6.93. The number of nitrogens with zero attached hydrogens (tertiary/aromatic N) is 4. The van der Waals surface area contributed by atoms with Crippen molar-refractivity contribution in [3.8, 4) is 24.3 Å². The van der Waals surface area contributed by atoms with Crippen LogP contribution in [-0.2, 0) is 4.79 Å². The molecule has 0 saturated carbocycles. The van der Waals surface area contributed by atoms with Gasteiger partial charge in [0.15, 0.2) is 11.7 Å². The fourth-order valence-corrected chi connectivity index (χ4v) is 0.474. The molecule has 0 bridgehead atoms. The van der Waals surface area contributed by atoms with Crippen molar-refractivity contribution in [1.82, 2.24) is 0 Å². The Hall–Kier alpha value is -0.150. The molecule has 0 rings (SSSR count). The number of alkyl halides is 3. The molecule has 0 unspecified atom stereocenters. The number of hydrogen-bond donors (Lipinski definition) is 0. The van der Waals surface area contributed by atoms with E-state index in [1.54, 1.807) is 24.3 Å². The third-order valence-electron chi connectivity index (χ3n) is 1.73. The number of rotatable bonds is 3. The van der Waals surface area contributed by atoms with Crippen LogP contribution in [0.2, 0.25) is 0 Å². The highest BCUT2D eigenvalue weighted by atomic mass is 127. The molecular weight excluding hydrogens is 692 g/mol. The molecule has 0 radical (unpaired) electrons. The second-order valence-corrected chi connectivity index (χ2v) is 11.0. The lowest BCUT2D eigenvalue weighted by atomic mass is 10.1. The first kappa shape index (κ1) is 36.7. The Morgan fingerprint density at radius 3 is 1.35 bits per heavy atom. The summed E-state index contributed by atoms with van der Waals surface area (Å²) >= 11 is 12.4. The molecular formula is C17H24ClI3N4O. The Balaban J connectivity index is -0.0000000773. The third-order valence-corrected chi connectivity index (χ3v) is 4.76. The molecule has 0 aromatic rings. The molecule has 0 N–H and O–H groups in total. The van der Waals surface area contributed by atoms with Gasteiger partial charge in [0.05, 0.1) is 14.1 Å². The van der Waals surface area contributed by atoms with Gasteiger partial charge in [-0.3, -0.25) is 4.79 Å². The maximum absolute atomic E-state index is 10.2. The van der Waals surface area contributed by atoms with Crippen LogP contribution in [0.3, 0.4) is 0 Å². The molecule has 0 saturated heterocycles. The number of halogens is 4. The van der Waals surface area contributed by atoms with Crippen molar-refractivity contribution in [2.75, 3.05) is 4.43 Å². The number of carbonyl (C=O) groups excluding carboxylic acids is 1. The first-order chi connectivity index (χ1) is 11.6. The monoisotopic (exact) mass is 716 g/mol. The predicted octanol–water partition coefficient (Wildman–Crippen LogP) is 6.85. The van der Waals surface area contributed by atoms with Crippen LogP contribution in [0.15, 0.2) is 10.6 Å². The van der Waals surface area contributed by atoms with E-state index in [9.17, 15) is 4.79 Å². The van der Waals surface area contributed by atoms with Crippen molar-refractivity contribution < 1.29 is 4.79 Å². The number of nitriles is 4. The second-order valence-electron chi connectivity index (χ2n) is 3.92. The van der Waals surface area contributed by atoms with Crippen molar-refractivity contribution in [2.45, 2.75) is 49.9 Å². The van der Waals surface area contributed by atoms with E-state index >= 15 is 0 Å². The largest absolute Gasteiger partial charge is 0.297 e. The zero-order valence-corrected chi connectivity index (χ0v) is 21.7. The quantitative estimate of drug-likeness (QED) is 0.180. The number of allylic oxidation sites excluding steroid dienone is 2. The van der Waals surface area contributed by atoms with E-state index in [-0.39, 0.29) is 18.0 Å². The van der Waals surface area contributed by atoms with E-state index in [2.05, 4.69) is 81.6 Å². The maximum atomic E-state index is 10.2. The van der Waals surface area contributed by atoms with E-state index in [4.69, 9.17) is 32.6 Å². The Morgan fingerprint density at radius 2 is 1.35 bits per heavy atom. The van der Waals surface area contributed by atoms with Gasteiger partial charge in [0, 0.05) is 5.03 Å². The van der Waals surface area contributed by atoms with Crippen LogP contribution in [0.25, 0.3) is 0 Å². The highest BCUT2D eigenvalue weighted by Crippen LogP contribution is 2.11. The summed E-state index contributed by atoms with van der Waals surface area (Å²) in [4.78, 5) is 10.2. The first-order valence-corrected chi connectivity index (χ1v) is 11.3. The minimum atomic E-state index is -1.07. The van der Waals surface area contributed by atoms with Crippen molar-refractivity contribution in [1.29, 1.82) is 21.0 Å². The van der Waals surface area contributed by atoms with Gasteiger partial charge in [0.2, 0.25) is 0 Å². The Morgan fingerprint density at radius 1 is 1.04 bits per heavy atom. The van der Waals surface area contributed by atoms with E-state index in [0.29, 0.717) is 0 Å². The lowest BCUT2D eigenvalue weighted by Crippen LogP contribution is -2.03. The number of ketones is 1. The average molecular weight is 717 g/mol. The number of carbonyl (C=O) groups is 1. The van der Waals surface area contributed by atoms with Gasteiger partial charge in [-0.25, -0.2) is 0 Å². The van der Waals surface area contributed by atoms with E-state index < -0.39 is 11.7 Å². The summed E-state index contributed by atoms with van der Waals surface area (Å²) in [6, 6.07) is 6.36. The fraction of sp³-hybridized carbons (Fsp3) is 0.588. The smallest absolute Gasteiger partial charge is 0.190 e. The van der Waals surface area contributed by atoms with E-state index in [1.807, 2.05) is 0 Å². The summed E-state index contributed by atoms with van der Waals surface area (Å²) in [6.45, 7) is 7.08. The van der Waals surface area contributed by atoms with Gasteiger partial charge in [-0.05, 0) is 31.1 Å². The van der Waals surface area contributed by atoms with Crippen LogP contribution in [-0.4, -0.2) is 12.1 Å². The Labute approximate surface area is 204 Å². The van der Waals surface area contributed by atoms with Gasteiger partial charge in [-0.2, -0.15) is 21.0 Å². The van der Waals surface area contributed by atoms with E-state index in [1.165, 1.54) is 31.1 Å². The summed E-state index contributed by atoms with van der Waals surface area (Å²) in [7, 11) is 0. The lowest BCUT2D eigenvalue weighted by Gasteiger charge is -1.85. The minimum absolute atomic E-state index is 0. The second kappa shape index (κ2) is 29.6. The molecule has 0 atom stereocenters. The molecule has 0 aliphatic heterocycles. The summed E-state index contributed by atoms with van der Waals surface area (Å²) < 4.78 is 2.11. The molecule has 0 heterocycles. The number of hydrogen-bond acceptors (Lipinski definition) is 5. The van der Waals surface area contributed by atoms with Crippen LogP contribution < -0.4 is 0 Å². The van der Waals surface area contributed by atoms with Gasteiger partial charge in [-0.1, -0.05) is 101 Å². The van der Waals surface area contributed by atoms with Crippen LogP contribution in [0, 0.1) is 51.2 Å². The zero-order chi connectivity index (χ0) is 20.8. The van der Waals surface area contributed by atoms with E-state index in [0.717, 1.165) is 1.93 Å². The van der Waals surface area contributed by atoms with Gasteiger partial charge in [0.1, 0.15) is 17.7 Å². The summed E-state index contributed by atoms with van der Waals surface area (Å²) in [6.07, 6.45) is 2.58. The minimum Gasteiger partial charge on any atom is -0.297 e. The van der Waals surface area contributed by atoms with Gasteiger partial charge >= 0.3 is 0 Å². The van der Waals surface area contributed by atoms with Gasteiger partial charge in [0.25, 0.3) is 0 Å². The van der Waals surface area contributed by atoms with Crippen LogP contribution in [0.5, 0.6) is 0 Å². The van der Waals surface area contributed by atoms with Gasteiger partial charge in [-0.15, -0.1) is 0 Å². The molecule has 0 aliphatic carbocycles. The normalized spacial score (nSPS) is 7.31. The Bertz CT molecular complexity index is 516. The molecule has 0 aromatic carbocycles. The van der Waals surface area contributed by atoms with Crippen molar-refractivity contribution in [3.05, 3.63) is 10.6 Å². The standard InChI is InChI=1S/C5H3ClN2.C5H4N2O.C3H6I2.C3H7I.CH4/c1-4(6)5(2-7)3-8;1-4(8)5(2-6)3-7;1-2-3(4)5;1-2-3-4;/h1H3;5H,1H3;3H,2H2,1H3;2-3H2,1H3;1H4. The van der Waals surface area contributed by atoms with Crippen LogP contribution >= 0.6 is 79.4 Å². The molecule has 146 valence electrons. The van der Waals surface area contributed by atoms with Crippen molar-refractivity contribution in [3.63, 3.8) is 0 Å². The van der Waals surface area contributed by atoms with Crippen molar-refractivity contribution >= 4 is 85.2 Å². The molecule has 5 nitrogen and oxygen atoms in total. The predicted molar refractivity (Wildman–Crippen MR) is 133 cm³/mol. The SMILES string of the molecule is C.CC(=O)C(C#N)C#N.CC(Cl)=C(C#N)C#N.CCC(I)I.CCCI. The highest BCUT2D eigenvalue weighted by Gasteiger charge is 2.09. The lowest BCUT2D eigenvalue weighted by molar-refractivity contribution is -0.117. The topological polar surface area (TPSA) is 112 Å². The molecule has 0 amide bonds. The number of Topliss-reactive ketones (excluding diaryl/α,β-unsaturated/α-hetero) is 1. The Kier molecular flexibility index (Phi) is 41.8. The van der Waals surface area contributed by atoms with Gasteiger partial charge < -0.3 is 0 Å². The van der Waals surface area contributed by atoms with Crippen molar-refractivity contribution in [2.24, 2.45) is 5.92 Å². The summed E-state index contributed by atoms with van der Waals surface area (Å²) in [5, 5.41) is 32.4. The highest BCUT2D eigenvalue weighted by molar-refractivity contribution is 14.2. The molecule has 0 aromatic heterocycles. The zero-order valence-electron chi connectivity index (χ0n) is 14.5. The molecule has 9 heteroatoms. The molecule has 0 spiro atoms. The fourth-order valence-electron chi connectivity index (χ4n) is 0.390. The maximum Gasteiger partial charge on any atom is 0.190 e. The summed E-state index contributed by atoms with van der Waals surface area (Å²) in [5.74, 6) is -1.47. The molecule has 0 fully saturated rings. The molecule has 0 aliphatic rings. The van der Waals surface area contributed by atoms with Crippen LogP contribution in [0.1, 0.15) is 48.0 Å². The average Bonchev–Trinajstić information content (AvgIpc) is 2.57. The summed E-state index contributed by atoms with van der Waals surface area (Å²) in [5.41, 5.74) is -0.0216.